The van der Waals surface area contributed by atoms with Crippen LogP contribution >= 0.6 is 0 Å². The number of nitrogens with zero attached hydrogens (tertiary/aromatic N) is 7. The van der Waals surface area contributed by atoms with Crippen molar-refractivity contribution in [2.45, 2.75) is 57.7 Å². The molecule has 2 aromatic carbocycles. The van der Waals surface area contributed by atoms with Crippen molar-refractivity contribution in [3.05, 3.63) is 98.6 Å². The lowest BCUT2D eigenvalue weighted by molar-refractivity contribution is 0.264. The van der Waals surface area contributed by atoms with E-state index in [0.717, 1.165) is 29.0 Å². The molecule has 2 aliphatic heterocycles. The molecule has 2 fully saturated rings. The molecule has 0 saturated carbocycles. The molecule has 0 amide bonds. The zero-order valence-corrected chi connectivity index (χ0v) is 27.7. The lowest BCUT2D eigenvalue weighted by atomic mass is 9.86. The van der Waals surface area contributed by atoms with E-state index in [1.165, 1.54) is 29.8 Å². The average Bonchev–Trinajstić information content (AvgIpc) is 3.32. The van der Waals surface area contributed by atoms with E-state index in [2.05, 4.69) is 37.3 Å². The van der Waals surface area contributed by atoms with Crippen molar-refractivity contribution in [2.75, 3.05) is 30.4 Å². The molecule has 3 aromatic heterocycles. The van der Waals surface area contributed by atoms with Crippen LogP contribution in [0.2, 0.25) is 0 Å². The first-order valence-corrected chi connectivity index (χ1v) is 16.2. The van der Waals surface area contributed by atoms with Gasteiger partial charge in [0.1, 0.15) is 17.3 Å². The maximum Gasteiger partial charge on any atom is 0.290 e. The summed E-state index contributed by atoms with van der Waals surface area (Å²) in [7, 11) is 3.71. The quantitative estimate of drug-likeness (QED) is 0.274. The SMILES string of the molecule is CN1CC2CCC(C1)N2c1ccc(Nc2cc(-c3cccc(-n4ncc5cc(C(C)(C)C)cc(F)c5c4=O)c3CO)nn(C)c2=O)nc1. The number of aromatic nitrogens is 5. The topological polar surface area (TPSA) is 121 Å². The van der Waals surface area contributed by atoms with E-state index in [4.69, 9.17) is 0 Å². The van der Waals surface area contributed by atoms with Crippen LogP contribution in [-0.2, 0) is 19.1 Å². The summed E-state index contributed by atoms with van der Waals surface area (Å²) in [6.07, 6.45) is 5.65. The van der Waals surface area contributed by atoms with Gasteiger partial charge >= 0.3 is 0 Å². The molecule has 12 heteroatoms. The van der Waals surface area contributed by atoms with Crippen molar-refractivity contribution in [1.29, 1.82) is 0 Å². The standard InChI is InChI=1S/C36H39FN8O3/c1-36(2,3)22-13-21-16-39-45(35(48)33(21)28(37)14-22)31-8-6-7-26(27(31)20-46)29-15-30(34(47)43(5)41-29)40-32-12-11-23(17-38-32)44-24-9-10-25(44)19-42(4)18-24/h6-8,11-17,24-25,46H,9-10,18-20H2,1-5H3,(H,38,40). The van der Waals surface area contributed by atoms with Gasteiger partial charge in [-0.25, -0.2) is 14.1 Å². The van der Waals surface area contributed by atoms with Crippen molar-refractivity contribution < 1.29 is 9.50 Å². The summed E-state index contributed by atoms with van der Waals surface area (Å²) in [4.78, 5) is 36.3. The highest BCUT2D eigenvalue weighted by molar-refractivity contribution is 5.83. The summed E-state index contributed by atoms with van der Waals surface area (Å²) < 4.78 is 17.7. The second-order valence-electron chi connectivity index (χ2n) is 13.9. The molecule has 0 radical (unpaired) electrons. The zero-order valence-electron chi connectivity index (χ0n) is 27.7. The number of hydrogen-bond donors (Lipinski definition) is 2. The number of halogens is 1. The van der Waals surface area contributed by atoms with Crippen molar-refractivity contribution >= 4 is 28.0 Å². The summed E-state index contributed by atoms with van der Waals surface area (Å²) in [5.41, 5.74) is 2.24. The van der Waals surface area contributed by atoms with E-state index >= 15 is 4.39 Å². The molecule has 0 aliphatic carbocycles. The van der Waals surface area contributed by atoms with Gasteiger partial charge in [0.25, 0.3) is 11.1 Å². The number of aliphatic hydroxyl groups is 1. The smallest absolute Gasteiger partial charge is 0.290 e. The maximum absolute atomic E-state index is 15.4. The van der Waals surface area contributed by atoms with Crippen LogP contribution in [0.3, 0.4) is 0 Å². The third kappa shape index (κ3) is 5.54. The fraction of sp³-hybridized carbons (Fsp3) is 0.361. The number of rotatable bonds is 6. The second kappa shape index (κ2) is 11.9. The predicted molar refractivity (Wildman–Crippen MR) is 185 cm³/mol. The molecule has 2 saturated heterocycles. The van der Waals surface area contributed by atoms with Crippen molar-refractivity contribution in [1.82, 2.24) is 29.4 Å². The molecule has 2 atom stereocenters. The minimum absolute atomic E-state index is 0.0854. The summed E-state index contributed by atoms with van der Waals surface area (Å²) in [6, 6.07) is 14.7. The number of aryl methyl sites for hydroxylation is 1. The molecule has 5 aromatic rings. The van der Waals surface area contributed by atoms with Crippen LogP contribution in [0.4, 0.5) is 21.6 Å². The summed E-state index contributed by atoms with van der Waals surface area (Å²) in [5, 5.41) is 22.9. The van der Waals surface area contributed by atoms with Gasteiger partial charge in [-0.1, -0.05) is 32.9 Å². The lowest BCUT2D eigenvalue weighted by Gasteiger charge is -2.41. The molecule has 0 spiro atoms. The van der Waals surface area contributed by atoms with Gasteiger partial charge in [-0.15, -0.1) is 0 Å². The Balaban J connectivity index is 1.23. The Labute approximate surface area is 277 Å². The van der Waals surface area contributed by atoms with Crippen molar-refractivity contribution in [3.8, 4) is 16.9 Å². The van der Waals surface area contributed by atoms with E-state index in [1.54, 1.807) is 37.4 Å². The van der Waals surface area contributed by atoms with Gasteiger partial charge in [0.2, 0.25) is 0 Å². The van der Waals surface area contributed by atoms with Gasteiger partial charge < -0.3 is 20.2 Å². The van der Waals surface area contributed by atoms with Gasteiger partial charge in [0.05, 0.1) is 41.5 Å². The number of nitrogens with one attached hydrogen (secondary N) is 1. The third-order valence-corrected chi connectivity index (χ3v) is 9.56. The Morgan fingerprint density at radius 1 is 0.979 bits per heavy atom. The molecule has 5 heterocycles. The normalized spacial score (nSPS) is 18.1. The van der Waals surface area contributed by atoms with E-state index in [1.807, 2.05) is 39.1 Å². The van der Waals surface area contributed by atoms with Crippen LogP contribution in [0, 0.1) is 5.82 Å². The molecule has 248 valence electrons. The molecule has 11 nitrogen and oxygen atoms in total. The van der Waals surface area contributed by atoms with Crippen molar-refractivity contribution in [2.24, 2.45) is 7.05 Å². The molecule has 2 bridgehead atoms. The highest BCUT2D eigenvalue weighted by Crippen LogP contribution is 2.35. The molecule has 7 rings (SSSR count). The minimum Gasteiger partial charge on any atom is -0.392 e. The van der Waals surface area contributed by atoms with Gasteiger partial charge in [0.15, 0.2) is 0 Å². The predicted octanol–water partition coefficient (Wildman–Crippen LogP) is 4.50. The molecule has 48 heavy (non-hydrogen) atoms. The number of likely N-dealkylation sites (tertiary alicyclic amines) is 1. The first-order valence-electron chi connectivity index (χ1n) is 16.2. The number of likely N-dealkylation sites (N-methyl/N-ethyl adjacent to an activating group) is 1. The highest BCUT2D eigenvalue weighted by Gasteiger charge is 2.38. The number of aliphatic hydroxyl groups excluding tert-OH is 1. The number of fused-ring (bicyclic) bond motifs is 3. The van der Waals surface area contributed by atoms with Gasteiger partial charge in [-0.05, 0) is 67.3 Å². The van der Waals surface area contributed by atoms with Crippen LogP contribution in [0.25, 0.3) is 27.7 Å². The van der Waals surface area contributed by atoms with Gasteiger partial charge in [-0.3, -0.25) is 9.59 Å². The Bertz CT molecular complexity index is 2140. The fourth-order valence-corrected chi connectivity index (χ4v) is 7.13. The Morgan fingerprint density at radius 2 is 1.73 bits per heavy atom. The zero-order chi connectivity index (χ0) is 33.9. The van der Waals surface area contributed by atoms with Crippen LogP contribution in [-0.4, -0.2) is 66.8 Å². The Kier molecular flexibility index (Phi) is 7.87. The number of pyridine rings is 1. The first kappa shape index (κ1) is 31.6. The number of benzene rings is 2. The molecule has 2 unspecified atom stereocenters. The monoisotopic (exact) mass is 650 g/mol. The maximum atomic E-state index is 15.4. The number of anilines is 3. The molecular formula is C36H39FN8O3. The molecular weight excluding hydrogens is 611 g/mol. The van der Waals surface area contributed by atoms with E-state index in [0.29, 0.717) is 40.1 Å². The minimum atomic E-state index is -0.646. The van der Waals surface area contributed by atoms with Crippen LogP contribution < -0.4 is 21.3 Å². The van der Waals surface area contributed by atoms with E-state index in [-0.39, 0.29) is 27.7 Å². The fourth-order valence-electron chi connectivity index (χ4n) is 7.13. The second-order valence-corrected chi connectivity index (χ2v) is 13.9. The summed E-state index contributed by atoms with van der Waals surface area (Å²) >= 11 is 0. The Hall–Kier alpha value is -4.94. The first-order chi connectivity index (χ1) is 22.9. The lowest BCUT2D eigenvalue weighted by Crippen LogP contribution is -2.52. The largest absolute Gasteiger partial charge is 0.392 e. The molecule has 2 aliphatic rings. The van der Waals surface area contributed by atoms with E-state index in [9.17, 15) is 14.7 Å². The van der Waals surface area contributed by atoms with Crippen LogP contribution in [0.1, 0.15) is 44.7 Å². The number of piperazine rings is 1. The molecule has 2 N–H and O–H groups in total. The number of hydrogen-bond acceptors (Lipinski definition) is 9. The van der Waals surface area contributed by atoms with Crippen molar-refractivity contribution in [3.63, 3.8) is 0 Å². The third-order valence-electron chi connectivity index (χ3n) is 9.56. The van der Waals surface area contributed by atoms with Gasteiger partial charge in [0, 0.05) is 48.7 Å². The summed E-state index contributed by atoms with van der Waals surface area (Å²) in [6.45, 7) is 7.52. The van der Waals surface area contributed by atoms with E-state index < -0.39 is 18.0 Å². The highest BCUT2D eigenvalue weighted by atomic mass is 19.1. The average molecular weight is 651 g/mol. The van der Waals surface area contributed by atoms with Gasteiger partial charge in [-0.2, -0.15) is 14.9 Å². The van der Waals surface area contributed by atoms with Crippen LogP contribution in [0.5, 0.6) is 0 Å². The van der Waals surface area contributed by atoms with Crippen LogP contribution in [0.15, 0.2) is 70.5 Å². The summed E-state index contributed by atoms with van der Waals surface area (Å²) in [5.74, 6) is -0.123. The Morgan fingerprint density at radius 3 is 2.40 bits per heavy atom.